The smallest absolute Gasteiger partial charge is 0.480 e. The van der Waals surface area contributed by atoms with Crippen LogP contribution in [0.1, 0.15) is 6.92 Å². The van der Waals surface area contributed by atoms with Crippen LogP contribution in [0.5, 0.6) is 5.75 Å². The quantitative estimate of drug-likeness (QED) is 0.743. The molecule has 0 fully saturated rings. The SMILES string of the molecule is CC(=O)NC(CNc1cccc(OC(F)(F)F)c1)C(=O)O. The first kappa shape index (κ1) is 16.6. The van der Waals surface area contributed by atoms with Crippen LogP contribution in [0, 0.1) is 0 Å². The highest BCUT2D eigenvalue weighted by Gasteiger charge is 2.31. The predicted octanol–water partition coefficient (Wildman–Crippen LogP) is 1.59. The largest absolute Gasteiger partial charge is 0.573 e. The molecule has 0 saturated carbocycles. The van der Waals surface area contributed by atoms with Crippen LogP contribution in [-0.4, -0.2) is 35.9 Å². The van der Waals surface area contributed by atoms with Crippen LogP contribution in [-0.2, 0) is 9.59 Å². The maximum atomic E-state index is 12.1. The van der Waals surface area contributed by atoms with E-state index in [0.29, 0.717) is 0 Å². The molecule has 0 heterocycles. The highest BCUT2D eigenvalue weighted by molar-refractivity contribution is 5.82. The number of anilines is 1. The van der Waals surface area contributed by atoms with Gasteiger partial charge in [-0.15, -0.1) is 13.2 Å². The van der Waals surface area contributed by atoms with Gasteiger partial charge < -0.3 is 20.5 Å². The van der Waals surface area contributed by atoms with Gasteiger partial charge in [-0.3, -0.25) is 4.79 Å². The van der Waals surface area contributed by atoms with Gasteiger partial charge in [0.25, 0.3) is 0 Å². The lowest BCUT2D eigenvalue weighted by molar-refractivity contribution is -0.274. The summed E-state index contributed by atoms with van der Waals surface area (Å²) in [6.07, 6.45) is -4.81. The lowest BCUT2D eigenvalue weighted by Gasteiger charge is -2.15. The Labute approximate surface area is 117 Å². The number of ether oxygens (including phenoxy) is 1. The van der Waals surface area contributed by atoms with E-state index in [2.05, 4.69) is 15.4 Å². The third-order valence-electron chi connectivity index (χ3n) is 2.25. The van der Waals surface area contributed by atoms with Gasteiger partial charge in [-0.25, -0.2) is 4.79 Å². The highest BCUT2D eigenvalue weighted by atomic mass is 19.4. The number of benzene rings is 1. The van der Waals surface area contributed by atoms with Crippen molar-refractivity contribution < 1.29 is 32.6 Å². The molecular formula is C12H13F3N2O4. The van der Waals surface area contributed by atoms with E-state index in [9.17, 15) is 22.8 Å². The number of hydrogen-bond donors (Lipinski definition) is 3. The Hall–Kier alpha value is -2.45. The number of rotatable bonds is 6. The van der Waals surface area contributed by atoms with Crippen LogP contribution in [0.25, 0.3) is 0 Å². The van der Waals surface area contributed by atoms with Crippen molar-refractivity contribution in [2.75, 3.05) is 11.9 Å². The van der Waals surface area contributed by atoms with E-state index in [0.717, 1.165) is 19.1 Å². The van der Waals surface area contributed by atoms with E-state index < -0.39 is 30.0 Å². The lowest BCUT2D eigenvalue weighted by atomic mass is 10.2. The summed E-state index contributed by atoms with van der Waals surface area (Å²) in [6.45, 7) is 0.970. The van der Waals surface area contributed by atoms with E-state index >= 15 is 0 Å². The highest BCUT2D eigenvalue weighted by Crippen LogP contribution is 2.24. The zero-order valence-electron chi connectivity index (χ0n) is 10.9. The Balaban J connectivity index is 2.68. The van der Waals surface area contributed by atoms with E-state index in [4.69, 9.17) is 5.11 Å². The molecule has 0 bridgehead atoms. The molecule has 1 atom stereocenters. The Bertz CT molecular complexity index is 519. The first-order valence-electron chi connectivity index (χ1n) is 5.77. The summed E-state index contributed by atoms with van der Waals surface area (Å²) in [5.41, 5.74) is 0.230. The average Bonchev–Trinajstić information content (AvgIpc) is 2.32. The molecule has 1 unspecified atom stereocenters. The molecule has 0 radical (unpaired) electrons. The summed E-state index contributed by atoms with van der Waals surface area (Å²) >= 11 is 0. The van der Waals surface area contributed by atoms with Crippen molar-refractivity contribution in [3.05, 3.63) is 24.3 Å². The molecule has 21 heavy (non-hydrogen) atoms. The van der Waals surface area contributed by atoms with Gasteiger partial charge in [-0.1, -0.05) is 6.07 Å². The summed E-state index contributed by atoms with van der Waals surface area (Å²) in [4.78, 5) is 21.7. The molecule has 1 aromatic carbocycles. The fourth-order valence-corrected chi connectivity index (χ4v) is 1.47. The number of aliphatic carboxylic acids is 1. The second-order valence-electron chi connectivity index (χ2n) is 4.05. The van der Waals surface area contributed by atoms with Crippen molar-refractivity contribution in [3.8, 4) is 5.75 Å². The van der Waals surface area contributed by atoms with E-state index in [1.165, 1.54) is 12.1 Å². The molecule has 0 spiro atoms. The maximum Gasteiger partial charge on any atom is 0.573 e. The second kappa shape index (κ2) is 6.82. The zero-order valence-corrected chi connectivity index (χ0v) is 10.9. The monoisotopic (exact) mass is 306 g/mol. The molecular weight excluding hydrogens is 293 g/mol. The molecule has 0 aliphatic heterocycles. The minimum atomic E-state index is -4.81. The number of nitrogens with one attached hydrogen (secondary N) is 2. The number of hydrogen-bond acceptors (Lipinski definition) is 4. The third kappa shape index (κ3) is 6.50. The van der Waals surface area contributed by atoms with Gasteiger partial charge in [0.2, 0.25) is 5.91 Å². The molecule has 0 aliphatic carbocycles. The van der Waals surface area contributed by atoms with Crippen molar-refractivity contribution >= 4 is 17.6 Å². The molecule has 0 aliphatic rings. The van der Waals surface area contributed by atoms with Crippen LogP contribution in [0.4, 0.5) is 18.9 Å². The Morgan fingerprint density at radius 1 is 1.38 bits per heavy atom. The first-order valence-corrected chi connectivity index (χ1v) is 5.77. The first-order chi connectivity index (χ1) is 9.67. The normalized spacial score (nSPS) is 12.4. The van der Waals surface area contributed by atoms with Gasteiger partial charge in [0.1, 0.15) is 11.8 Å². The van der Waals surface area contributed by atoms with E-state index in [1.54, 1.807) is 0 Å². The van der Waals surface area contributed by atoms with Crippen LogP contribution in [0.2, 0.25) is 0 Å². The van der Waals surface area contributed by atoms with Crippen molar-refractivity contribution in [3.63, 3.8) is 0 Å². The molecule has 1 rings (SSSR count). The molecule has 116 valence electrons. The Kier molecular flexibility index (Phi) is 5.39. The molecule has 9 heteroatoms. The Morgan fingerprint density at radius 3 is 2.57 bits per heavy atom. The van der Waals surface area contributed by atoms with Crippen molar-refractivity contribution in [2.45, 2.75) is 19.3 Å². The van der Waals surface area contributed by atoms with E-state index in [1.807, 2.05) is 0 Å². The van der Waals surface area contributed by atoms with Crippen molar-refractivity contribution in [2.24, 2.45) is 0 Å². The van der Waals surface area contributed by atoms with Crippen LogP contribution >= 0.6 is 0 Å². The molecule has 1 amide bonds. The number of carbonyl (C=O) groups is 2. The maximum absolute atomic E-state index is 12.1. The predicted molar refractivity (Wildman–Crippen MR) is 66.9 cm³/mol. The standard InChI is InChI=1S/C12H13F3N2O4/c1-7(18)17-10(11(19)20)6-16-8-3-2-4-9(5-8)21-12(13,14)15/h2-5,10,16H,6H2,1H3,(H,17,18)(H,19,20). The van der Waals surface area contributed by atoms with Gasteiger partial charge in [-0.05, 0) is 12.1 Å². The molecule has 0 aromatic heterocycles. The fraction of sp³-hybridized carbons (Fsp3) is 0.333. The number of carboxylic acids is 1. The average molecular weight is 306 g/mol. The van der Waals surface area contributed by atoms with Crippen LogP contribution < -0.4 is 15.4 Å². The minimum Gasteiger partial charge on any atom is -0.480 e. The summed E-state index contributed by atoms with van der Waals surface area (Å²) in [7, 11) is 0. The van der Waals surface area contributed by atoms with Gasteiger partial charge in [0, 0.05) is 25.2 Å². The number of halogens is 3. The van der Waals surface area contributed by atoms with E-state index in [-0.39, 0.29) is 12.2 Å². The molecule has 0 saturated heterocycles. The summed E-state index contributed by atoms with van der Waals surface area (Å²) < 4.78 is 39.9. The second-order valence-corrected chi connectivity index (χ2v) is 4.05. The van der Waals surface area contributed by atoms with Gasteiger partial charge in [0.15, 0.2) is 0 Å². The molecule has 6 nitrogen and oxygen atoms in total. The van der Waals surface area contributed by atoms with Crippen LogP contribution in [0.15, 0.2) is 24.3 Å². The van der Waals surface area contributed by atoms with Crippen molar-refractivity contribution in [1.82, 2.24) is 5.32 Å². The summed E-state index contributed by atoms with van der Waals surface area (Å²) in [5, 5.41) is 13.7. The number of carboxylic acid groups (broad SMARTS) is 1. The Morgan fingerprint density at radius 2 is 2.05 bits per heavy atom. The minimum absolute atomic E-state index is 0.190. The summed E-state index contributed by atoms with van der Waals surface area (Å²) in [5.74, 6) is -2.22. The zero-order chi connectivity index (χ0) is 16.0. The fourth-order valence-electron chi connectivity index (χ4n) is 1.47. The van der Waals surface area contributed by atoms with Gasteiger partial charge in [-0.2, -0.15) is 0 Å². The molecule has 3 N–H and O–H groups in total. The van der Waals surface area contributed by atoms with Crippen molar-refractivity contribution in [1.29, 1.82) is 0 Å². The molecule has 1 aromatic rings. The number of alkyl halides is 3. The lowest BCUT2D eigenvalue weighted by Crippen LogP contribution is -2.44. The number of amides is 1. The van der Waals surface area contributed by atoms with Crippen LogP contribution in [0.3, 0.4) is 0 Å². The number of carbonyl (C=O) groups excluding carboxylic acids is 1. The summed E-state index contributed by atoms with van der Waals surface area (Å²) in [6, 6.07) is 3.74. The topological polar surface area (TPSA) is 87.7 Å². The van der Waals surface area contributed by atoms with Gasteiger partial charge in [0.05, 0.1) is 0 Å². The third-order valence-corrected chi connectivity index (χ3v) is 2.25. The van der Waals surface area contributed by atoms with Gasteiger partial charge >= 0.3 is 12.3 Å².